The number of unbranched alkanes of at least 4 members (excludes halogenated alkanes) is 14. The monoisotopic (exact) mass is 566 g/mol. The van der Waals surface area contributed by atoms with Crippen LogP contribution in [0.2, 0.25) is 0 Å². The molecule has 0 amide bonds. The zero-order chi connectivity index (χ0) is 27.7. The lowest BCUT2D eigenvalue weighted by molar-refractivity contribution is -0.117. The molecule has 0 saturated heterocycles. The number of hydrogen-bond donors (Lipinski definition) is 2. The van der Waals surface area contributed by atoms with Crippen LogP contribution in [0, 0.1) is 0 Å². The number of thiol groups is 2. The molecule has 38 heavy (non-hydrogen) atoms. The highest BCUT2D eigenvalue weighted by Crippen LogP contribution is 2.23. The number of rotatable bonds is 27. The lowest BCUT2D eigenvalue weighted by Gasteiger charge is -2.11. The minimum Gasteiger partial charge on any atom is -0.493 e. The molecular formula is C31H50O5S2. The number of Topliss-reactive ketones (excluding diaryl/α,β-unsaturated/α-hetero) is 2. The van der Waals surface area contributed by atoms with E-state index in [0.29, 0.717) is 54.6 Å². The molecule has 1 rings (SSSR count). The summed E-state index contributed by atoms with van der Waals surface area (Å²) in [5, 5.41) is 0. The Bertz CT molecular complexity index is 712. The van der Waals surface area contributed by atoms with Crippen LogP contribution in [-0.4, -0.2) is 42.6 Å². The third-order valence-electron chi connectivity index (χ3n) is 6.63. The van der Waals surface area contributed by atoms with Crippen LogP contribution in [0.4, 0.5) is 0 Å². The van der Waals surface area contributed by atoms with Crippen LogP contribution in [-0.2, 0) is 9.59 Å². The van der Waals surface area contributed by atoms with Gasteiger partial charge in [0.05, 0.1) is 13.2 Å². The summed E-state index contributed by atoms with van der Waals surface area (Å²) in [7, 11) is 0. The van der Waals surface area contributed by atoms with Crippen LogP contribution < -0.4 is 9.47 Å². The van der Waals surface area contributed by atoms with Gasteiger partial charge < -0.3 is 9.47 Å². The van der Waals surface area contributed by atoms with Crippen molar-refractivity contribution in [2.75, 3.05) is 24.7 Å². The smallest absolute Gasteiger partial charge is 0.150 e. The highest BCUT2D eigenvalue weighted by Gasteiger charge is 2.04. The van der Waals surface area contributed by atoms with E-state index in [4.69, 9.17) is 9.47 Å². The Morgan fingerprint density at radius 1 is 0.553 bits per heavy atom. The summed E-state index contributed by atoms with van der Waals surface area (Å²) in [4.78, 5) is 33.8. The van der Waals surface area contributed by atoms with Crippen molar-refractivity contribution in [2.24, 2.45) is 0 Å². The lowest BCUT2D eigenvalue weighted by Crippen LogP contribution is -2.01. The van der Waals surface area contributed by atoms with Crippen LogP contribution in [0.1, 0.15) is 126 Å². The lowest BCUT2D eigenvalue weighted by atomic mass is 10.1. The Morgan fingerprint density at radius 2 is 0.895 bits per heavy atom. The first-order valence-electron chi connectivity index (χ1n) is 14.7. The zero-order valence-corrected chi connectivity index (χ0v) is 25.1. The molecule has 5 nitrogen and oxygen atoms in total. The van der Waals surface area contributed by atoms with Gasteiger partial charge in [0, 0.05) is 36.0 Å². The maximum absolute atomic E-state index is 11.3. The predicted octanol–water partition coefficient (Wildman–Crippen LogP) is 8.28. The molecule has 0 aliphatic rings. The maximum atomic E-state index is 11.3. The van der Waals surface area contributed by atoms with Crippen LogP contribution in [0.15, 0.2) is 18.2 Å². The third kappa shape index (κ3) is 19.6. The molecule has 0 heterocycles. The Labute approximate surface area is 242 Å². The normalized spacial score (nSPS) is 10.9. The van der Waals surface area contributed by atoms with Gasteiger partial charge in [0.1, 0.15) is 29.4 Å². The van der Waals surface area contributed by atoms with E-state index >= 15 is 0 Å². The predicted molar refractivity (Wildman–Crippen MR) is 164 cm³/mol. The van der Waals surface area contributed by atoms with Gasteiger partial charge in [-0.2, -0.15) is 25.3 Å². The van der Waals surface area contributed by atoms with Crippen molar-refractivity contribution in [3.05, 3.63) is 23.8 Å². The summed E-state index contributed by atoms with van der Waals surface area (Å²) in [6.07, 6.45) is 20.3. The fraction of sp³-hybridized carbons (Fsp3) is 0.710. The molecule has 0 spiro atoms. The second-order valence-electron chi connectivity index (χ2n) is 10.1. The second-order valence-corrected chi connectivity index (χ2v) is 10.7. The molecule has 1 aromatic rings. The fourth-order valence-electron chi connectivity index (χ4n) is 4.34. The van der Waals surface area contributed by atoms with Gasteiger partial charge in [-0.1, -0.05) is 77.0 Å². The fourth-order valence-corrected chi connectivity index (χ4v) is 4.65. The molecule has 0 aromatic heterocycles. The van der Waals surface area contributed by atoms with E-state index in [9.17, 15) is 14.4 Å². The van der Waals surface area contributed by atoms with E-state index in [1.54, 1.807) is 12.1 Å². The molecule has 0 atom stereocenters. The van der Waals surface area contributed by atoms with E-state index in [1.165, 1.54) is 51.4 Å². The van der Waals surface area contributed by atoms with Crippen LogP contribution in [0.5, 0.6) is 11.5 Å². The molecule has 0 radical (unpaired) electrons. The molecule has 0 saturated carbocycles. The first-order chi connectivity index (χ1) is 18.6. The maximum Gasteiger partial charge on any atom is 0.150 e. The topological polar surface area (TPSA) is 69.7 Å². The van der Waals surface area contributed by atoms with Gasteiger partial charge in [-0.15, -0.1) is 0 Å². The van der Waals surface area contributed by atoms with E-state index in [0.717, 1.165) is 57.7 Å². The molecule has 0 N–H and O–H groups in total. The van der Waals surface area contributed by atoms with Gasteiger partial charge >= 0.3 is 0 Å². The highest BCUT2D eigenvalue weighted by molar-refractivity contribution is 7.81. The van der Waals surface area contributed by atoms with Gasteiger partial charge in [-0.05, 0) is 37.8 Å². The van der Waals surface area contributed by atoms with Crippen LogP contribution in [0.25, 0.3) is 0 Å². The van der Waals surface area contributed by atoms with Gasteiger partial charge in [0.25, 0.3) is 0 Å². The second kappa shape index (κ2) is 24.6. The summed E-state index contributed by atoms with van der Waals surface area (Å²) in [6.45, 7) is 1.28. The molecule has 0 bridgehead atoms. The summed E-state index contributed by atoms with van der Waals surface area (Å²) < 4.78 is 11.8. The summed E-state index contributed by atoms with van der Waals surface area (Å²) in [5.41, 5.74) is 0.574. The number of aldehydes is 1. The molecule has 1 aromatic carbocycles. The van der Waals surface area contributed by atoms with Crippen molar-refractivity contribution >= 4 is 43.1 Å². The van der Waals surface area contributed by atoms with Gasteiger partial charge in [-0.25, -0.2) is 0 Å². The van der Waals surface area contributed by atoms with Crippen molar-refractivity contribution in [1.29, 1.82) is 0 Å². The first kappa shape index (κ1) is 34.6. The summed E-state index contributed by atoms with van der Waals surface area (Å²) in [6, 6.07) is 5.42. The van der Waals surface area contributed by atoms with E-state index in [2.05, 4.69) is 25.3 Å². The molecule has 0 unspecified atom stereocenters. The van der Waals surface area contributed by atoms with Gasteiger partial charge in [0.15, 0.2) is 0 Å². The van der Waals surface area contributed by atoms with Crippen LogP contribution >= 0.6 is 25.3 Å². The number of benzene rings is 1. The summed E-state index contributed by atoms with van der Waals surface area (Å²) >= 11 is 8.01. The largest absolute Gasteiger partial charge is 0.493 e. The molecule has 0 fully saturated rings. The Hall–Kier alpha value is -1.47. The van der Waals surface area contributed by atoms with Gasteiger partial charge in [-0.3, -0.25) is 14.4 Å². The molecular weight excluding hydrogens is 516 g/mol. The average molecular weight is 567 g/mol. The highest BCUT2D eigenvalue weighted by atomic mass is 32.1. The van der Waals surface area contributed by atoms with Crippen molar-refractivity contribution in [2.45, 2.75) is 116 Å². The number of carbonyl (C=O) groups excluding carboxylic acids is 3. The molecule has 216 valence electrons. The SMILES string of the molecule is O=Cc1cc(OCCCCCCCCCCC(=O)CS)cc(OCCCCCCCCCCC(=O)CS)c1. The van der Waals surface area contributed by atoms with Gasteiger partial charge in [0.2, 0.25) is 0 Å². The molecule has 0 aliphatic carbocycles. The minimum absolute atomic E-state index is 0.246. The average Bonchev–Trinajstić information content (AvgIpc) is 2.93. The van der Waals surface area contributed by atoms with E-state index in [1.807, 2.05) is 6.07 Å². The molecule has 0 aliphatic heterocycles. The number of ether oxygens (including phenoxy) is 2. The minimum atomic E-state index is 0.246. The number of ketones is 2. The molecule has 7 heteroatoms. The number of hydrogen-bond acceptors (Lipinski definition) is 7. The zero-order valence-electron chi connectivity index (χ0n) is 23.3. The standard InChI is InChI=1S/C31H50O5S2/c32-24-27-21-30(35-19-15-11-7-3-1-5-9-13-17-28(33)25-37)23-31(22-27)36-20-16-12-8-4-2-6-10-14-18-29(34)26-38/h21-24,37-38H,1-20,25-26H2. The Morgan fingerprint density at radius 3 is 1.24 bits per heavy atom. The summed E-state index contributed by atoms with van der Waals surface area (Å²) in [5.74, 6) is 2.60. The Balaban J connectivity index is 2.08. The third-order valence-corrected chi connectivity index (χ3v) is 7.33. The van der Waals surface area contributed by atoms with Crippen molar-refractivity contribution < 1.29 is 23.9 Å². The number of carbonyl (C=O) groups is 3. The van der Waals surface area contributed by atoms with E-state index < -0.39 is 0 Å². The van der Waals surface area contributed by atoms with Crippen LogP contribution in [0.3, 0.4) is 0 Å². The van der Waals surface area contributed by atoms with Crippen molar-refractivity contribution in [1.82, 2.24) is 0 Å². The quantitative estimate of drug-likeness (QED) is 0.0637. The Kier molecular flexibility index (Phi) is 22.3. The van der Waals surface area contributed by atoms with E-state index in [-0.39, 0.29) is 11.6 Å². The first-order valence-corrected chi connectivity index (χ1v) is 16.0. The van der Waals surface area contributed by atoms with Crippen molar-refractivity contribution in [3.63, 3.8) is 0 Å². The van der Waals surface area contributed by atoms with Crippen molar-refractivity contribution in [3.8, 4) is 11.5 Å².